The van der Waals surface area contributed by atoms with Crippen molar-refractivity contribution in [2.45, 2.75) is 61.9 Å². The summed E-state index contributed by atoms with van der Waals surface area (Å²) in [5, 5.41) is 10.4. The van der Waals surface area contributed by atoms with Crippen LogP contribution in [0.2, 0.25) is 0 Å². The molecule has 1 aliphatic carbocycles. The molecular formula is C11H18N4S. The highest BCUT2D eigenvalue weighted by Gasteiger charge is 2.34. The summed E-state index contributed by atoms with van der Waals surface area (Å²) in [6, 6.07) is 0.633. The van der Waals surface area contributed by atoms with Crippen molar-refractivity contribution in [2.24, 2.45) is 0 Å². The maximum absolute atomic E-state index is 4.29. The Morgan fingerprint density at radius 2 is 2.38 bits per heavy atom. The highest BCUT2D eigenvalue weighted by atomic mass is 32.2. The van der Waals surface area contributed by atoms with Crippen LogP contribution in [0.3, 0.4) is 0 Å². The number of thioether (sulfide) groups is 1. The number of rotatable bonds is 3. The summed E-state index contributed by atoms with van der Waals surface area (Å²) in [5.41, 5.74) is 3.59. The van der Waals surface area contributed by atoms with E-state index in [4.69, 9.17) is 0 Å². The predicted molar refractivity (Wildman–Crippen MR) is 65.3 cm³/mol. The van der Waals surface area contributed by atoms with Crippen molar-refractivity contribution in [2.75, 3.05) is 5.43 Å². The number of nitrogens with one attached hydrogen (secondary N) is 1. The summed E-state index contributed by atoms with van der Waals surface area (Å²) < 4.78 is 2.13. The summed E-state index contributed by atoms with van der Waals surface area (Å²) >= 11 is 1.91. The molecule has 3 rings (SSSR count). The van der Waals surface area contributed by atoms with Crippen LogP contribution in [0.25, 0.3) is 0 Å². The molecule has 1 fully saturated rings. The molecule has 1 N–H and O–H groups in total. The van der Waals surface area contributed by atoms with Crippen LogP contribution < -0.4 is 5.43 Å². The maximum Gasteiger partial charge on any atom is 0.210 e. The lowest BCUT2D eigenvalue weighted by molar-refractivity contribution is 0.583. The van der Waals surface area contributed by atoms with Gasteiger partial charge in [0.2, 0.25) is 5.16 Å². The topological polar surface area (TPSA) is 42.7 Å². The molecular weight excluding hydrogens is 220 g/mol. The number of nitrogens with zero attached hydrogens (tertiary/aromatic N) is 3. The Morgan fingerprint density at radius 1 is 1.44 bits per heavy atom. The lowest BCUT2D eigenvalue weighted by Crippen LogP contribution is -2.38. The largest absolute Gasteiger partial charge is 0.318 e. The van der Waals surface area contributed by atoms with Crippen LogP contribution in [0, 0.1) is 0 Å². The third-order valence-corrected chi connectivity index (χ3v) is 4.80. The van der Waals surface area contributed by atoms with Crippen LogP contribution in [0.4, 0.5) is 0 Å². The van der Waals surface area contributed by atoms with E-state index in [9.17, 15) is 0 Å². The monoisotopic (exact) mass is 238 g/mol. The van der Waals surface area contributed by atoms with Gasteiger partial charge in [-0.15, -0.1) is 10.2 Å². The van der Waals surface area contributed by atoms with Gasteiger partial charge in [-0.1, -0.05) is 31.5 Å². The minimum atomic E-state index is 0.633. The predicted octanol–water partition coefficient (Wildman–Crippen LogP) is 2.19. The molecule has 16 heavy (non-hydrogen) atoms. The number of aromatic nitrogens is 3. The summed E-state index contributed by atoms with van der Waals surface area (Å²) in [6.07, 6.45) is 7.40. The lowest BCUT2D eigenvalue weighted by atomic mass is 10.2. The fourth-order valence-corrected chi connectivity index (χ4v) is 3.79. The Labute approximate surface area is 100 Å². The van der Waals surface area contributed by atoms with E-state index in [1.165, 1.54) is 32.1 Å². The molecule has 2 aliphatic rings. The van der Waals surface area contributed by atoms with Gasteiger partial charge in [-0.25, -0.2) is 4.68 Å². The van der Waals surface area contributed by atoms with Crippen molar-refractivity contribution in [3.8, 4) is 0 Å². The summed E-state index contributed by atoms with van der Waals surface area (Å²) in [6.45, 7) is 2.21. The Balaban J connectivity index is 1.80. The van der Waals surface area contributed by atoms with Crippen molar-refractivity contribution in [1.82, 2.24) is 14.9 Å². The van der Waals surface area contributed by atoms with Crippen LogP contribution in [0.1, 0.15) is 44.9 Å². The van der Waals surface area contributed by atoms with E-state index in [2.05, 4.69) is 27.2 Å². The summed E-state index contributed by atoms with van der Waals surface area (Å²) in [4.78, 5) is 0. The molecule has 88 valence electrons. The van der Waals surface area contributed by atoms with E-state index >= 15 is 0 Å². The minimum Gasteiger partial charge on any atom is -0.318 e. The Morgan fingerprint density at radius 3 is 3.25 bits per heavy atom. The first-order valence-corrected chi connectivity index (χ1v) is 7.14. The molecule has 1 saturated carbocycles. The number of aryl methyl sites for hydroxylation is 1. The molecule has 1 aromatic heterocycles. The SMILES string of the molecule is CCCCc1nnc2n1NC1CCCC1S2. The van der Waals surface area contributed by atoms with Gasteiger partial charge in [0.1, 0.15) is 0 Å². The molecule has 4 nitrogen and oxygen atoms in total. The average molecular weight is 238 g/mol. The van der Waals surface area contributed by atoms with E-state index in [0.29, 0.717) is 6.04 Å². The smallest absolute Gasteiger partial charge is 0.210 e. The van der Waals surface area contributed by atoms with Gasteiger partial charge >= 0.3 is 0 Å². The molecule has 2 atom stereocenters. The van der Waals surface area contributed by atoms with Crippen molar-refractivity contribution in [1.29, 1.82) is 0 Å². The first-order chi connectivity index (χ1) is 7.88. The van der Waals surface area contributed by atoms with Crippen molar-refractivity contribution in [3.63, 3.8) is 0 Å². The number of hydrogen-bond donors (Lipinski definition) is 1. The van der Waals surface area contributed by atoms with Crippen LogP contribution in [-0.2, 0) is 6.42 Å². The second kappa shape index (κ2) is 4.28. The molecule has 1 aromatic rings. The fourth-order valence-electron chi connectivity index (χ4n) is 2.52. The number of hydrogen-bond acceptors (Lipinski definition) is 4. The van der Waals surface area contributed by atoms with Gasteiger partial charge in [0.15, 0.2) is 5.82 Å². The lowest BCUT2D eigenvalue weighted by Gasteiger charge is -2.28. The molecule has 2 heterocycles. The van der Waals surface area contributed by atoms with E-state index in [-0.39, 0.29) is 0 Å². The second-order valence-corrected chi connectivity index (χ2v) is 5.87. The Bertz CT molecular complexity index is 376. The van der Waals surface area contributed by atoms with Crippen LogP contribution >= 0.6 is 11.8 Å². The van der Waals surface area contributed by atoms with Crippen molar-refractivity contribution < 1.29 is 0 Å². The standard InChI is InChI=1S/C11H18N4S/c1-2-3-7-10-12-13-11-15(10)14-8-5-4-6-9(8)16-11/h8-9,14H,2-7H2,1H3. The van der Waals surface area contributed by atoms with E-state index in [1.54, 1.807) is 0 Å². The zero-order valence-electron chi connectivity index (χ0n) is 9.65. The molecule has 0 bridgehead atoms. The van der Waals surface area contributed by atoms with E-state index < -0.39 is 0 Å². The number of fused-ring (bicyclic) bond motifs is 2. The maximum atomic E-state index is 4.29. The zero-order valence-corrected chi connectivity index (χ0v) is 10.5. The second-order valence-electron chi connectivity index (χ2n) is 4.66. The molecule has 1 aliphatic heterocycles. The van der Waals surface area contributed by atoms with Crippen LogP contribution in [0.15, 0.2) is 5.16 Å². The molecule has 0 saturated heterocycles. The van der Waals surface area contributed by atoms with Gasteiger partial charge in [0, 0.05) is 11.7 Å². The molecule has 0 amide bonds. The van der Waals surface area contributed by atoms with Gasteiger partial charge in [-0.05, 0) is 19.3 Å². The van der Waals surface area contributed by atoms with Gasteiger partial charge < -0.3 is 5.43 Å². The van der Waals surface area contributed by atoms with Crippen molar-refractivity contribution in [3.05, 3.63) is 5.82 Å². The summed E-state index contributed by atoms with van der Waals surface area (Å²) in [7, 11) is 0. The third kappa shape index (κ3) is 1.71. The Kier molecular flexibility index (Phi) is 2.79. The zero-order chi connectivity index (χ0) is 11.0. The van der Waals surface area contributed by atoms with Gasteiger partial charge in [-0.2, -0.15) is 0 Å². The minimum absolute atomic E-state index is 0.633. The van der Waals surface area contributed by atoms with E-state index in [1.807, 2.05) is 11.8 Å². The molecule has 2 unspecified atom stereocenters. The highest BCUT2D eigenvalue weighted by molar-refractivity contribution is 7.99. The van der Waals surface area contributed by atoms with Gasteiger partial charge in [-0.3, -0.25) is 0 Å². The molecule has 0 radical (unpaired) electrons. The third-order valence-electron chi connectivity index (χ3n) is 3.46. The first-order valence-electron chi connectivity index (χ1n) is 6.26. The normalized spacial score (nSPS) is 27.3. The van der Waals surface area contributed by atoms with Gasteiger partial charge in [0.25, 0.3) is 0 Å². The van der Waals surface area contributed by atoms with Crippen LogP contribution in [0.5, 0.6) is 0 Å². The molecule has 5 heteroatoms. The highest BCUT2D eigenvalue weighted by Crippen LogP contribution is 2.38. The summed E-state index contributed by atoms with van der Waals surface area (Å²) in [5.74, 6) is 1.11. The van der Waals surface area contributed by atoms with Gasteiger partial charge in [0.05, 0.1) is 6.04 Å². The molecule has 0 spiro atoms. The number of unbranched alkanes of at least 4 members (excludes halogenated alkanes) is 1. The van der Waals surface area contributed by atoms with E-state index in [0.717, 1.165) is 22.7 Å². The quantitative estimate of drug-likeness (QED) is 0.876. The van der Waals surface area contributed by atoms with Crippen molar-refractivity contribution >= 4 is 11.8 Å². The average Bonchev–Trinajstić information content (AvgIpc) is 2.89. The van der Waals surface area contributed by atoms with Crippen LogP contribution in [-0.4, -0.2) is 26.2 Å². The Hall–Kier alpha value is -0.710. The first kappa shape index (κ1) is 10.4. The molecule has 0 aromatic carbocycles. The fraction of sp³-hybridized carbons (Fsp3) is 0.818.